The molecule has 2 aromatic carbocycles. The smallest absolute Gasteiger partial charge is 0.277 e. The zero-order valence-electron chi connectivity index (χ0n) is 12.8. The van der Waals surface area contributed by atoms with Gasteiger partial charge in [0.25, 0.3) is 11.1 Å². The van der Waals surface area contributed by atoms with Crippen molar-refractivity contribution < 1.29 is 9.15 Å². The van der Waals surface area contributed by atoms with Crippen LogP contribution in [0.15, 0.2) is 52.1 Å². The molecule has 0 aliphatic heterocycles. The van der Waals surface area contributed by atoms with E-state index in [0.717, 1.165) is 27.7 Å². The van der Waals surface area contributed by atoms with Crippen molar-refractivity contribution in [1.82, 2.24) is 10.2 Å². The lowest BCUT2D eigenvalue weighted by molar-refractivity contribution is 0.251. The average molecular weight is 381 g/mol. The van der Waals surface area contributed by atoms with Crippen molar-refractivity contribution in [3.63, 3.8) is 0 Å². The summed E-state index contributed by atoms with van der Waals surface area (Å²) in [5.41, 5.74) is 2.09. The highest BCUT2D eigenvalue weighted by atomic mass is 35.5. The third-order valence-electron chi connectivity index (χ3n) is 3.21. The third kappa shape index (κ3) is 4.66. The second-order valence-electron chi connectivity index (χ2n) is 5.08. The van der Waals surface area contributed by atoms with Crippen LogP contribution in [0.4, 0.5) is 0 Å². The molecule has 0 fully saturated rings. The van der Waals surface area contributed by atoms with Gasteiger partial charge in [0.05, 0.1) is 0 Å². The first-order valence-electron chi connectivity index (χ1n) is 7.19. The van der Waals surface area contributed by atoms with Crippen molar-refractivity contribution in [2.45, 2.75) is 24.5 Å². The van der Waals surface area contributed by atoms with Gasteiger partial charge in [-0.25, -0.2) is 0 Å². The van der Waals surface area contributed by atoms with E-state index in [1.165, 1.54) is 11.8 Å². The summed E-state index contributed by atoms with van der Waals surface area (Å²) in [5, 5.41) is 9.92. The number of halogens is 2. The number of thioether (sulfide) groups is 1. The Bertz CT molecular complexity index is 822. The molecular formula is C17H14Cl2N2O2S. The van der Waals surface area contributed by atoms with E-state index in [2.05, 4.69) is 10.2 Å². The third-order valence-corrected chi connectivity index (χ3v) is 4.59. The minimum absolute atomic E-state index is 0.219. The monoisotopic (exact) mass is 380 g/mol. The number of aryl methyl sites for hydroxylation is 1. The molecule has 0 saturated carbocycles. The van der Waals surface area contributed by atoms with Crippen LogP contribution >= 0.6 is 35.0 Å². The molecule has 0 amide bonds. The summed E-state index contributed by atoms with van der Waals surface area (Å²) in [6, 6.07) is 13.1. The van der Waals surface area contributed by atoms with E-state index in [0.29, 0.717) is 16.1 Å². The van der Waals surface area contributed by atoms with Crippen LogP contribution in [0.3, 0.4) is 0 Å². The maximum atomic E-state index is 5.92. The minimum atomic E-state index is 0.219. The standard InChI is InChI=1S/C17H14Cl2N2O2S/c1-11-8-14(19)6-7-15(11)22-9-16-20-21-17(23-16)24-10-12-2-4-13(18)5-3-12/h2-8H,9-10H2,1H3. The number of hydrogen-bond acceptors (Lipinski definition) is 5. The van der Waals surface area contributed by atoms with Gasteiger partial charge >= 0.3 is 0 Å². The van der Waals surface area contributed by atoms with E-state index in [4.69, 9.17) is 32.4 Å². The van der Waals surface area contributed by atoms with Crippen LogP contribution in [-0.2, 0) is 12.4 Å². The first kappa shape index (κ1) is 17.1. The molecule has 1 heterocycles. The number of benzene rings is 2. The molecule has 0 bridgehead atoms. The highest BCUT2D eigenvalue weighted by Gasteiger charge is 2.09. The molecule has 4 nitrogen and oxygen atoms in total. The zero-order chi connectivity index (χ0) is 16.9. The second-order valence-corrected chi connectivity index (χ2v) is 6.87. The molecule has 24 heavy (non-hydrogen) atoms. The van der Waals surface area contributed by atoms with E-state index in [9.17, 15) is 0 Å². The normalized spacial score (nSPS) is 10.8. The summed E-state index contributed by atoms with van der Waals surface area (Å²) >= 11 is 13.3. The van der Waals surface area contributed by atoms with Crippen LogP contribution in [0.5, 0.6) is 5.75 Å². The van der Waals surface area contributed by atoms with Crippen molar-refractivity contribution in [1.29, 1.82) is 0 Å². The Balaban J connectivity index is 1.54. The molecule has 0 spiro atoms. The predicted octanol–water partition coefficient (Wildman–Crippen LogP) is 5.56. The molecule has 0 radical (unpaired) electrons. The largest absolute Gasteiger partial charge is 0.484 e. The maximum absolute atomic E-state index is 5.92. The van der Waals surface area contributed by atoms with Crippen LogP contribution in [-0.4, -0.2) is 10.2 Å². The van der Waals surface area contributed by atoms with Crippen molar-refractivity contribution in [2.24, 2.45) is 0 Å². The van der Waals surface area contributed by atoms with Crippen LogP contribution < -0.4 is 4.74 Å². The van der Waals surface area contributed by atoms with Gasteiger partial charge in [-0.3, -0.25) is 0 Å². The van der Waals surface area contributed by atoms with Gasteiger partial charge in [-0.1, -0.05) is 47.1 Å². The zero-order valence-corrected chi connectivity index (χ0v) is 15.2. The molecule has 0 aliphatic carbocycles. The van der Waals surface area contributed by atoms with E-state index >= 15 is 0 Å². The van der Waals surface area contributed by atoms with E-state index in [-0.39, 0.29) is 6.61 Å². The highest BCUT2D eigenvalue weighted by molar-refractivity contribution is 7.98. The fourth-order valence-corrected chi connectivity index (χ4v) is 3.08. The first-order valence-corrected chi connectivity index (χ1v) is 8.93. The summed E-state index contributed by atoms with van der Waals surface area (Å²) in [5.74, 6) is 1.91. The van der Waals surface area contributed by atoms with Gasteiger partial charge in [0, 0.05) is 15.8 Å². The number of nitrogens with zero attached hydrogens (tertiary/aromatic N) is 2. The second kappa shape index (κ2) is 7.92. The van der Waals surface area contributed by atoms with Gasteiger partial charge in [0.1, 0.15) is 5.75 Å². The Hall–Kier alpha value is -1.69. The molecule has 1 aromatic heterocycles. The molecule has 0 unspecified atom stereocenters. The lowest BCUT2D eigenvalue weighted by Crippen LogP contribution is -1.97. The Morgan fingerprint density at radius 3 is 2.54 bits per heavy atom. The minimum Gasteiger partial charge on any atom is -0.484 e. The Labute approximate surface area is 154 Å². The van der Waals surface area contributed by atoms with Gasteiger partial charge in [0.15, 0.2) is 6.61 Å². The van der Waals surface area contributed by atoms with Crippen molar-refractivity contribution in [3.8, 4) is 5.75 Å². The van der Waals surface area contributed by atoms with Crippen LogP contribution in [0.25, 0.3) is 0 Å². The Kier molecular flexibility index (Phi) is 5.66. The molecule has 3 rings (SSSR count). The van der Waals surface area contributed by atoms with Crippen LogP contribution in [0.2, 0.25) is 10.0 Å². The summed E-state index contributed by atoms with van der Waals surface area (Å²) in [7, 11) is 0. The molecule has 124 valence electrons. The Morgan fingerprint density at radius 2 is 1.79 bits per heavy atom. The number of rotatable bonds is 6. The lowest BCUT2D eigenvalue weighted by Gasteiger charge is -2.06. The van der Waals surface area contributed by atoms with Crippen molar-refractivity contribution >= 4 is 35.0 Å². The van der Waals surface area contributed by atoms with E-state index in [1.807, 2.05) is 43.3 Å². The topological polar surface area (TPSA) is 48.2 Å². The Morgan fingerprint density at radius 1 is 1.04 bits per heavy atom. The predicted molar refractivity (Wildman–Crippen MR) is 95.8 cm³/mol. The number of ether oxygens (including phenoxy) is 1. The molecular weight excluding hydrogens is 367 g/mol. The van der Waals surface area contributed by atoms with E-state index in [1.54, 1.807) is 6.07 Å². The van der Waals surface area contributed by atoms with Gasteiger partial charge in [-0.15, -0.1) is 10.2 Å². The molecule has 7 heteroatoms. The summed E-state index contributed by atoms with van der Waals surface area (Å²) in [4.78, 5) is 0. The molecule has 0 saturated heterocycles. The van der Waals surface area contributed by atoms with Gasteiger partial charge in [-0.2, -0.15) is 0 Å². The fraction of sp³-hybridized carbons (Fsp3) is 0.176. The molecule has 3 aromatic rings. The first-order chi connectivity index (χ1) is 11.6. The molecule has 0 N–H and O–H groups in total. The maximum Gasteiger partial charge on any atom is 0.277 e. The summed E-state index contributed by atoms with van der Waals surface area (Å²) < 4.78 is 11.3. The highest BCUT2D eigenvalue weighted by Crippen LogP contribution is 2.25. The van der Waals surface area contributed by atoms with Crippen LogP contribution in [0, 0.1) is 6.92 Å². The van der Waals surface area contributed by atoms with Crippen LogP contribution in [0.1, 0.15) is 17.0 Å². The van der Waals surface area contributed by atoms with Gasteiger partial charge < -0.3 is 9.15 Å². The van der Waals surface area contributed by atoms with Crippen molar-refractivity contribution in [2.75, 3.05) is 0 Å². The SMILES string of the molecule is Cc1cc(Cl)ccc1OCc1nnc(SCc2ccc(Cl)cc2)o1. The van der Waals surface area contributed by atoms with E-state index < -0.39 is 0 Å². The molecule has 0 aliphatic rings. The van der Waals surface area contributed by atoms with Gasteiger partial charge in [-0.05, 0) is 48.4 Å². The number of hydrogen-bond donors (Lipinski definition) is 0. The van der Waals surface area contributed by atoms with Gasteiger partial charge in [0.2, 0.25) is 0 Å². The van der Waals surface area contributed by atoms with Crippen molar-refractivity contribution in [3.05, 3.63) is 69.5 Å². The average Bonchev–Trinajstić information content (AvgIpc) is 3.01. The molecule has 0 atom stereocenters. The summed E-state index contributed by atoms with van der Waals surface area (Å²) in [6.07, 6.45) is 0. The lowest BCUT2D eigenvalue weighted by atomic mass is 10.2. The quantitative estimate of drug-likeness (QED) is 0.524. The fourth-order valence-electron chi connectivity index (χ4n) is 1.99. The summed E-state index contributed by atoms with van der Waals surface area (Å²) in [6.45, 7) is 2.15. The number of aromatic nitrogens is 2.